The van der Waals surface area contributed by atoms with Crippen LogP contribution in [0, 0.1) is 12.8 Å². The van der Waals surface area contributed by atoms with Crippen LogP contribution in [-0.2, 0) is 24.2 Å². The van der Waals surface area contributed by atoms with Crippen LogP contribution < -0.4 is 5.32 Å². The number of aryl methyl sites for hydroxylation is 2. The molecule has 112 valence electrons. The fourth-order valence-electron chi connectivity index (χ4n) is 2.94. The lowest BCUT2D eigenvalue weighted by molar-refractivity contribution is -0.126. The number of fused-ring (bicyclic) bond motifs is 1. The summed E-state index contributed by atoms with van der Waals surface area (Å²) in [6.45, 7) is 4.66. The van der Waals surface area contributed by atoms with Crippen molar-refractivity contribution in [3.63, 3.8) is 0 Å². The van der Waals surface area contributed by atoms with Crippen molar-refractivity contribution in [1.29, 1.82) is 0 Å². The van der Waals surface area contributed by atoms with E-state index in [4.69, 9.17) is 0 Å². The Labute approximate surface area is 124 Å². The molecule has 1 aliphatic rings. The standard InChI is InChI=1S/C15H21N5O/c1-10(9-20-7-3-6-16-20)17-15(21)12-4-5-13-14(8-12)19-11(2)18-13/h3,6-7,10,12H,4-5,8-9H2,1-2H3,(H,17,21)(H,18,19). The molecule has 6 heteroatoms. The highest BCUT2D eigenvalue weighted by Gasteiger charge is 2.27. The Kier molecular flexibility index (Phi) is 3.77. The van der Waals surface area contributed by atoms with E-state index in [0.29, 0.717) is 6.54 Å². The molecule has 2 aromatic heterocycles. The van der Waals surface area contributed by atoms with E-state index in [9.17, 15) is 4.79 Å². The topological polar surface area (TPSA) is 75.6 Å². The van der Waals surface area contributed by atoms with E-state index < -0.39 is 0 Å². The molecule has 1 aliphatic carbocycles. The molecular weight excluding hydrogens is 266 g/mol. The summed E-state index contributed by atoms with van der Waals surface area (Å²) in [5.41, 5.74) is 2.25. The number of aromatic amines is 1. The predicted molar refractivity (Wildman–Crippen MR) is 78.7 cm³/mol. The van der Waals surface area contributed by atoms with E-state index >= 15 is 0 Å². The smallest absolute Gasteiger partial charge is 0.223 e. The van der Waals surface area contributed by atoms with Crippen molar-refractivity contribution in [1.82, 2.24) is 25.1 Å². The van der Waals surface area contributed by atoms with Crippen molar-refractivity contribution in [3.05, 3.63) is 35.7 Å². The first-order valence-electron chi connectivity index (χ1n) is 7.44. The highest BCUT2D eigenvalue weighted by Crippen LogP contribution is 2.24. The molecule has 2 aromatic rings. The van der Waals surface area contributed by atoms with Crippen LogP contribution in [0.3, 0.4) is 0 Å². The average molecular weight is 287 g/mol. The lowest BCUT2D eigenvalue weighted by Crippen LogP contribution is -2.41. The number of rotatable bonds is 4. The summed E-state index contributed by atoms with van der Waals surface area (Å²) < 4.78 is 1.84. The minimum Gasteiger partial charge on any atom is -0.352 e. The molecule has 0 spiro atoms. The van der Waals surface area contributed by atoms with Crippen LogP contribution in [0.1, 0.15) is 30.6 Å². The summed E-state index contributed by atoms with van der Waals surface area (Å²) >= 11 is 0. The fraction of sp³-hybridized carbons (Fsp3) is 0.533. The Balaban J connectivity index is 1.56. The first-order valence-corrected chi connectivity index (χ1v) is 7.44. The van der Waals surface area contributed by atoms with E-state index in [1.54, 1.807) is 6.20 Å². The number of amides is 1. The van der Waals surface area contributed by atoms with E-state index in [0.717, 1.165) is 36.5 Å². The van der Waals surface area contributed by atoms with Gasteiger partial charge in [0.05, 0.1) is 12.2 Å². The van der Waals surface area contributed by atoms with Crippen molar-refractivity contribution >= 4 is 5.91 Å². The maximum Gasteiger partial charge on any atom is 0.223 e. The molecule has 0 bridgehead atoms. The number of aromatic nitrogens is 4. The molecule has 2 N–H and O–H groups in total. The van der Waals surface area contributed by atoms with Gasteiger partial charge in [0.1, 0.15) is 5.82 Å². The maximum atomic E-state index is 12.4. The van der Waals surface area contributed by atoms with Crippen LogP contribution in [0.5, 0.6) is 0 Å². The lowest BCUT2D eigenvalue weighted by atomic mass is 9.89. The number of hydrogen-bond donors (Lipinski definition) is 2. The molecule has 0 radical (unpaired) electrons. The summed E-state index contributed by atoms with van der Waals surface area (Å²) in [7, 11) is 0. The van der Waals surface area contributed by atoms with E-state index in [2.05, 4.69) is 20.4 Å². The van der Waals surface area contributed by atoms with Crippen LogP contribution in [0.2, 0.25) is 0 Å². The third-order valence-electron chi connectivity index (χ3n) is 3.94. The SMILES string of the molecule is Cc1nc2c([nH]1)CC(C(=O)NC(C)Cn1cccn1)CC2. The number of H-pyrrole nitrogens is 1. The van der Waals surface area contributed by atoms with Crippen LogP contribution in [0.25, 0.3) is 0 Å². The maximum absolute atomic E-state index is 12.4. The van der Waals surface area contributed by atoms with Crippen molar-refractivity contribution in [2.75, 3.05) is 0 Å². The molecule has 0 aromatic carbocycles. The third kappa shape index (κ3) is 3.15. The van der Waals surface area contributed by atoms with Gasteiger partial charge in [-0.15, -0.1) is 0 Å². The largest absolute Gasteiger partial charge is 0.352 e. The Hall–Kier alpha value is -2.11. The summed E-state index contributed by atoms with van der Waals surface area (Å²) in [5.74, 6) is 1.11. The number of imidazole rings is 1. The van der Waals surface area contributed by atoms with Gasteiger partial charge in [0, 0.05) is 36.5 Å². The Morgan fingerprint density at radius 3 is 3.24 bits per heavy atom. The van der Waals surface area contributed by atoms with Gasteiger partial charge in [-0.3, -0.25) is 9.48 Å². The first kappa shape index (κ1) is 13.9. The number of hydrogen-bond acceptors (Lipinski definition) is 3. The molecule has 1 amide bonds. The Bertz CT molecular complexity index is 616. The number of nitrogens with zero attached hydrogens (tertiary/aromatic N) is 3. The molecule has 0 aliphatic heterocycles. The zero-order valence-corrected chi connectivity index (χ0v) is 12.5. The summed E-state index contributed by atoms with van der Waals surface area (Å²) in [5, 5.41) is 7.25. The third-order valence-corrected chi connectivity index (χ3v) is 3.94. The van der Waals surface area contributed by atoms with Gasteiger partial charge in [-0.25, -0.2) is 4.98 Å². The molecule has 0 fully saturated rings. The second-order valence-electron chi connectivity index (χ2n) is 5.82. The zero-order chi connectivity index (χ0) is 14.8. The minimum atomic E-state index is 0.0393. The average Bonchev–Trinajstić information content (AvgIpc) is 3.05. The predicted octanol–water partition coefficient (Wildman–Crippen LogP) is 1.22. The Morgan fingerprint density at radius 1 is 1.62 bits per heavy atom. The van der Waals surface area contributed by atoms with Gasteiger partial charge < -0.3 is 10.3 Å². The van der Waals surface area contributed by atoms with Gasteiger partial charge in [-0.2, -0.15) is 5.10 Å². The lowest BCUT2D eigenvalue weighted by Gasteiger charge is -2.23. The summed E-state index contributed by atoms with van der Waals surface area (Å²) in [6.07, 6.45) is 6.17. The normalized spacial score (nSPS) is 19.0. The molecule has 2 unspecified atom stereocenters. The first-order chi connectivity index (χ1) is 10.1. The molecule has 0 saturated heterocycles. The molecule has 2 heterocycles. The van der Waals surface area contributed by atoms with Crippen molar-refractivity contribution in [2.24, 2.45) is 5.92 Å². The highest BCUT2D eigenvalue weighted by atomic mass is 16.1. The molecule has 0 saturated carbocycles. The molecular formula is C15H21N5O. The van der Waals surface area contributed by atoms with Crippen LogP contribution in [0.4, 0.5) is 0 Å². The van der Waals surface area contributed by atoms with E-state index in [1.807, 2.05) is 30.8 Å². The second-order valence-corrected chi connectivity index (χ2v) is 5.82. The molecule has 6 nitrogen and oxygen atoms in total. The number of nitrogens with one attached hydrogen (secondary N) is 2. The molecule has 2 atom stereocenters. The molecule has 3 rings (SSSR count). The summed E-state index contributed by atoms with van der Waals surface area (Å²) in [4.78, 5) is 20.1. The van der Waals surface area contributed by atoms with E-state index in [1.165, 1.54) is 0 Å². The quantitative estimate of drug-likeness (QED) is 0.888. The van der Waals surface area contributed by atoms with Gasteiger partial charge in [-0.05, 0) is 32.8 Å². The van der Waals surface area contributed by atoms with E-state index in [-0.39, 0.29) is 17.9 Å². The summed E-state index contributed by atoms with van der Waals surface area (Å²) in [6, 6.07) is 1.96. The van der Waals surface area contributed by atoms with Gasteiger partial charge in [0.2, 0.25) is 5.91 Å². The van der Waals surface area contributed by atoms with Gasteiger partial charge >= 0.3 is 0 Å². The van der Waals surface area contributed by atoms with Crippen molar-refractivity contribution in [3.8, 4) is 0 Å². The van der Waals surface area contributed by atoms with Crippen LogP contribution >= 0.6 is 0 Å². The van der Waals surface area contributed by atoms with Crippen LogP contribution in [-0.4, -0.2) is 31.7 Å². The van der Waals surface area contributed by atoms with Crippen molar-refractivity contribution in [2.45, 2.75) is 45.7 Å². The Morgan fingerprint density at radius 2 is 2.48 bits per heavy atom. The minimum absolute atomic E-state index is 0.0393. The molecule has 21 heavy (non-hydrogen) atoms. The number of carbonyl (C=O) groups is 1. The van der Waals surface area contributed by atoms with Gasteiger partial charge in [-0.1, -0.05) is 0 Å². The van der Waals surface area contributed by atoms with Crippen molar-refractivity contribution < 1.29 is 4.79 Å². The number of carbonyl (C=O) groups excluding carboxylic acids is 1. The monoisotopic (exact) mass is 287 g/mol. The van der Waals surface area contributed by atoms with Gasteiger partial charge in [0.15, 0.2) is 0 Å². The second kappa shape index (κ2) is 5.71. The van der Waals surface area contributed by atoms with Gasteiger partial charge in [0.25, 0.3) is 0 Å². The fourth-order valence-corrected chi connectivity index (χ4v) is 2.94. The zero-order valence-electron chi connectivity index (χ0n) is 12.5. The highest BCUT2D eigenvalue weighted by molar-refractivity contribution is 5.79. The van der Waals surface area contributed by atoms with Crippen LogP contribution in [0.15, 0.2) is 18.5 Å².